The Labute approximate surface area is 132 Å². The van der Waals surface area contributed by atoms with Crippen LogP contribution in [0, 0.1) is 0 Å². The van der Waals surface area contributed by atoms with Gasteiger partial charge in [-0.3, -0.25) is 4.79 Å². The number of amides is 1. The lowest BCUT2D eigenvalue weighted by molar-refractivity contribution is -0.122. The predicted octanol–water partition coefficient (Wildman–Crippen LogP) is 2.87. The summed E-state index contributed by atoms with van der Waals surface area (Å²) in [5.74, 6) is 1.29. The summed E-state index contributed by atoms with van der Waals surface area (Å²) >= 11 is 1.84. The molecule has 0 radical (unpaired) electrons. The molecule has 0 aromatic heterocycles. The highest BCUT2D eigenvalue weighted by atomic mass is 32.2. The van der Waals surface area contributed by atoms with Crippen molar-refractivity contribution in [2.75, 3.05) is 32.1 Å². The molecule has 0 bridgehead atoms. The Balaban J connectivity index is 1.81. The molecule has 1 atom stereocenters. The second kappa shape index (κ2) is 8.44. The molecule has 21 heavy (non-hydrogen) atoms. The van der Waals surface area contributed by atoms with Crippen LogP contribution in [0.5, 0.6) is 0 Å². The normalized spacial score (nSPS) is 17.6. The van der Waals surface area contributed by atoms with Crippen LogP contribution in [0.15, 0.2) is 24.3 Å². The molecule has 0 spiro atoms. The number of fused-ring (bicyclic) bond motifs is 1. The number of nitrogens with zero attached hydrogens (tertiary/aromatic N) is 1. The molecular formula is C17H26N2OS. The molecule has 0 aliphatic heterocycles. The molecule has 1 aromatic rings. The van der Waals surface area contributed by atoms with Gasteiger partial charge in [0.05, 0.1) is 6.04 Å². The Kier molecular flexibility index (Phi) is 6.58. The van der Waals surface area contributed by atoms with Crippen LogP contribution >= 0.6 is 11.8 Å². The van der Waals surface area contributed by atoms with E-state index in [0.717, 1.165) is 38.1 Å². The minimum absolute atomic E-state index is 0.174. The maximum atomic E-state index is 12.2. The van der Waals surface area contributed by atoms with E-state index < -0.39 is 0 Å². The quantitative estimate of drug-likeness (QED) is 0.841. The van der Waals surface area contributed by atoms with E-state index in [-0.39, 0.29) is 11.9 Å². The third-order valence-electron chi connectivity index (χ3n) is 4.10. The predicted molar refractivity (Wildman–Crippen MR) is 90.8 cm³/mol. The van der Waals surface area contributed by atoms with Gasteiger partial charge in [0.25, 0.3) is 0 Å². The van der Waals surface area contributed by atoms with Crippen LogP contribution in [0.2, 0.25) is 0 Å². The zero-order chi connectivity index (χ0) is 15.1. The van der Waals surface area contributed by atoms with Crippen molar-refractivity contribution >= 4 is 17.7 Å². The van der Waals surface area contributed by atoms with Gasteiger partial charge in [-0.2, -0.15) is 11.8 Å². The molecule has 1 N–H and O–H groups in total. The van der Waals surface area contributed by atoms with Crippen molar-refractivity contribution in [1.82, 2.24) is 10.2 Å². The molecule has 0 saturated heterocycles. The average Bonchev–Trinajstić information content (AvgIpc) is 2.51. The van der Waals surface area contributed by atoms with E-state index in [0.29, 0.717) is 6.42 Å². The Morgan fingerprint density at radius 3 is 3.00 bits per heavy atom. The second-order valence-electron chi connectivity index (χ2n) is 5.76. The molecule has 116 valence electrons. The zero-order valence-corrected chi connectivity index (χ0v) is 13.9. The van der Waals surface area contributed by atoms with Gasteiger partial charge in [0.15, 0.2) is 0 Å². The summed E-state index contributed by atoms with van der Waals surface area (Å²) in [6.07, 6.45) is 6.06. The SMILES string of the molecule is CSCCN(C)CCC(=O)N[C@@H]1CCCc2ccccc21. The van der Waals surface area contributed by atoms with E-state index in [9.17, 15) is 4.79 Å². The Morgan fingerprint density at radius 1 is 1.38 bits per heavy atom. The Morgan fingerprint density at radius 2 is 2.19 bits per heavy atom. The fourth-order valence-corrected chi connectivity index (χ4v) is 3.32. The number of nitrogens with one attached hydrogen (secondary N) is 1. The van der Waals surface area contributed by atoms with Crippen LogP contribution in [-0.4, -0.2) is 43.0 Å². The lowest BCUT2D eigenvalue weighted by Crippen LogP contribution is -2.33. The van der Waals surface area contributed by atoms with Crippen LogP contribution < -0.4 is 5.32 Å². The van der Waals surface area contributed by atoms with Gasteiger partial charge in [-0.25, -0.2) is 0 Å². The maximum absolute atomic E-state index is 12.2. The van der Waals surface area contributed by atoms with Gasteiger partial charge in [0, 0.05) is 25.3 Å². The summed E-state index contributed by atoms with van der Waals surface area (Å²) in [7, 11) is 2.08. The van der Waals surface area contributed by atoms with E-state index in [4.69, 9.17) is 0 Å². The van der Waals surface area contributed by atoms with Crippen LogP contribution in [0.1, 0.15) is 36.4 Å². The Bertz CT molecular complexity index is 464. The number of hydrogen-bond donors (Lipinski definition) is 1. The summed E-state index contributed by atoms with van der Waals surface area (Å²) in [6.45, 7) is 1.88. The molecule has 1 aliphatic rings. The van der Waals surface area contributed by atoms with E-state index >= 15 is 0 Å². The molecule has 1 aromatic carbocycles. The number of thioether (sulfide) groups is 1. The first-order valence-corrected chi connectivity index (χ1v) is 9.14. The molecular weight excluding hydrogens is 280 g/mol. The van der Waals surface area contributed by atoms with Crippen molar-refractivity contribution in [1.29, 1.82) is 0 Å². The highest BCUT2D eigenvalue weighted by molar-refractivity contribution is 7.98. The molecule has 4 heteroatoms. The zero-order valence-electron chi connectivity index (χ0n) is 13.1. The van der Waals surface area contributed by atoms with Crippen molar-refractivity contribution < 1.29 is 4.79 Å². The summed E-state index contributed by atoms with van der Waals surface area (Å²) in [6, 6.07) is 8.70. The molecule has 0 unspecified atom stereocenters. The number of aryl methyl sites for hydroxylation is 1. The first-order chi connectivity index (χ1) is 10.2. The van der Waals surface area contributed by atoms with Gasteiger partial charge in [-0.1, -0.05) is 24.3 Å². The largest absolute Gasteiger partial charge is 0.349 e. The monoisotopic (exact) mass is 306 g/mol. The lowest BCUT2D eigenvalue weighted by Gasteiger charge is -2.26. The van der Waals surface area contributed by atoms with Gasteiger partial charge in [0.2, 0.25) is 5.91 Å². The maximum Gasteiger partial charge on any atom is 0.221 e. The van der Waals surface area contributed by atoms with Crippen molar-refractivity contribution in [3.63, 3.8) is 0 Å². The van der Waals surface area contributed by atoms with Crippen molar-refractivity contribution in [3.8, 4) is 0 Å². The van der Waals surface area contributed by atoms with E-state index in [2.05, 4.69) is 47.8 Å². The highest BCUT2D eigenvalue weighted by Crippen LogP contribution is 2.29. The van der Waals surface area contributed by atoms with Gasteiger partial charge < -0.3 is 10.2 Å². The smallest absolute Gasteiger partial charge is 0.221 e. The van der Waals surface area contributed by atoms with Crippen LogP contribution in [-0.2, 0) is 11.2 Å². The van der Waals surface area contributed by atoms with E-state index in [1.807, 2.05) is 11.8 Å². The molecule has 3 nitrogen and oxygen atoms in total. The summed E-state index contributed by atoms with van der Waals surface area (Å²) < 4.78 is 0. The fourth-order valence-electron chi connectivity index (χ4n) is 2.82. The average molecular weight is 306 g/mol. The summed E-state index contributed by atoms with van der Waals surface area (Å²) in [5, 5.41) is 3.22. The van der Waals surface area contributed by atoms with Gasteiger partial charge in [-0.15, -0.1) is 0 Å². The van der Waals surface area contributed by atoms with Crippen LogP contribution in [0.25, 0.3) is 0 Å². The van der Waals surface area contributed by atoms with Gasteiger partial charge >= 0.3 is 0 Å². The number of carbonyl (C=O) groups excluding carboxylic acids is 1. The number of benzene rings is 1. The molecule has 1 aliphatic carbocycles. The van der Waals surface area contributed by atoms with Crippen molar-refractivity contribution in [3.05, 3.63) is 35.4 Å². The van der Waals surface area contributed by atoms with Gasteiger partial charge in [0.1, 0.15) is 0 Å². The Hall–Kier alpha value is -1.00. The minimum Gasteiger partial charge on any atom is -0.349 e. The standard InChI is InChI=1S/C17H26N2OS/c1-19(12-13-21-2)11-10-17(20)18-16-9-5-7-14-6-3-4-8-15(14)16/h3-4,6,8,16H,5,7,9-13H2,1-2H3,(H,18,20)/t16-/m1/s1. The number of rotatable bonds is 7. The summed E-state index contributed by atoms with van der Waals surface area (Å²) in [4.78, 5) is 14.4. The highest BCUT2D eigenvalue weighted by Gasteiger charge is 2.21. The third-order valence-corrected chi connectivity index (χ3v) is 4.69. The lowest BCUT2D eigenvalue weighted by atomic mass is 9.87. The first-order valence-electron chi connectivity index (χ1n) is 7.75. The van der Waals surface area contributed by atoms with E-state index in [1.165, 1.54) is 11.1 Å². The van der Waals surface area contributed by atoms with Gasteiger partial charge in [-0.05, 0) is 43.7 Å². The summed E-state index contributed by atoms with van der Waals surface area (Å²) in [5.41, 5.74) is 2.71. The van der Waals surface area contributed by atoms with Crippen LogP contribution in [0.3, 0.4) is 0 Å². The van der Waals surface area contributed by atoms with Crippen LogP contribution in [0.4, 0.5) is 0 Å². The topological polar surface area (TPSA) is 32.3 Å². The van der Waals surface area contributed by atoms with E-state index in [1.54, 1.807) is 0 Å². The van der Waals surface area contributed by atoms with Crippen molar-refractivity contribution in [2.24, 2.45) is 0 Å². The minimum atomic E-state index is 0.174. The number of carbonyl (C=O) groups is 1. The molecule has 0 saturated carbocycles. The molecule has 2 rings (SSSR count). The molecule has 1 amide bonds. The first kappa shape index (κ1) is 16.4. The fraction of sp³-hybridized carbons (Fsp3) is 0.588. The second-order valence-corrected chi connectivity index (χ2v) is 6.74. The third kappa shape index (κ3) is 5.04. The number of hydrogen-bond acceptors (Lipinski definition) is 3. The molecule has 0 heterocycles. The molecule has 0 fully saturated rings. The van der Waals surface area contributed by atoms with Crippen molar-refractivity contribution in [2.45, 2.75) is 31.7 Å².